The van der Waals surface area contributed by atoms with Crippen LogP contribution in [0.5, 0.6) is 0 Å². The number of nitrogens with zero attached hydrogens (tertiary/aromatic N) is 4. The Labute approximate surface area is 87.9 Å². The maximum atomic E-state index is 4.15. The van der Waals surface area contributed by atoms with Gasteiger partial charge in [-0.3, -0.25) is 0 Å². The minimum atomic E-state index is 0.925. The molecule has 1 aromatic heterocycles. The maximum absolute atomic E-state index is 4.15. The third kappa shape index (κ3) is 1.42. The zero-order valence-corrected chi connectivity index (χ0v) is 8.43. The lowest BCUT2D eigenvalue weighted by atomic mass is 10.2. The van der Waals surface area contributed by atoms with Gasteiger partial charge in [0.2, 0.25) is 0 Å². The highest BCUT2D eigenvalue weighted by Crippen LogP contribution is 2.24. The Bertz CT molecular complexity index is 471. The van der Waals surface area contributed by atoms with Crippen LogP contribution in [0.1, 0.15) is 12.8 Å². The molecule has 0 amide bonds. The molecule has 1 aliphatic rings. The van der Waals surface area contributed by atoms with Crippen LogP contribution < -0.4 is 4.90 Å². The minimum Gasteiger partial charge on any atom is -0.355 e. The lowest BCUT2D eigenvalue weighted by molar-refractivity contribution is 0.845. The molecule has 1 saturated heterocycles. The third-order valence-electron chi connectivity index (χ3n) is 2.84. The van der Waals surface area contributed by atoms with E-state index in [0.717, 1.165) is 29.8 Å². The van der Waals surface area contributed by atoms with Gasteiger partial charge in [-0.2, -0.15) is 0 Å². The fourth-order valence-electron chi connectivity index (χ4n) is 2.08. The molecule has 15 heavy (non-hydrogen) atoms. The van der Waals surface area contributed by atoms with Gasteiger partial charge in [-0.15, -0.1) is 10.2 Å². The van der Waals surface area contributed by atoms with Crippen LogP contribution in [0.15, 0.2) is 24.3 Å². The monoisotopic (exact) mass is 200 g/mol. The molecule has 0 unspecified atom stereocenters. The third-order valence-corrected chi connectivity index (χ3v) is 2.84. The Morgan fingerprint density at radius 2 is 1.80 bits per heavy atom. The second-order valence-electron chi connectivity index (χ2n) is 3.82. The first-order valence-electron chi connectivity index (χ1n) is 5.28. The van der Waals surface area contributed by atoms with Crippen molar-refractivity contribution < 1.29 is 0 Å². The van der Waals surface area contributed by atoms with Crippen molar-refractivity contribution in [3.63, 3.8) is 0 Å². The predicted molar refractivity (Wildman–Crippen MR) is 58.8 cm³/mol. The number of aromatic nitrogens is 3. The molecule has 2 heterocycles. The fraction of sp³-hybridized carbons (Fsp3) is 0.364. The van der Waals surface area contributed by atoms with E-state index in [-0.39, 0.29) is 0 Å². The highest BCUT2D eigenvalue weighted by Gasteiger charge is 2.16. The summed E-state index contributed by atoms with van der Waals surface area (Å²) >= 11 is 0. The minimum absolute atomic E-state index is 0.925. The summed E-state index contributed by atoms with van der Waals surface area (Å²) in [7, 11) is 0. The number of hydrogen-bond acceptors (Lipinski definition) is 4. The van der Waals surface area contributed by atoms with E-state index in [1.165, 1.54) is 12.8 Å². The van der Waals surface area contributed by atoms with E-state index in [0.29, 0.717) is 0 Å². The van der Waals surface area contributed by atoms with Crippen LogP contribution in [-0.4, -0.2) is 28.5 Å². The summed E-state index contributed by atoms with van der Waals surface area (Å²) in [4.78, 5) is 2.29. The fourth-order valence-corrected chi connectivity index (χ4v) is 2.08. The van der Waals surface area contributed by atoms with Crippen LogP contribution in [-0.2, 0) is 0 Å². The molecule has 0 N–H and O–H groups in total. The molecule has 4 nitrogen and oxygen atoms in total. The summed E-state index contributed by atoms with van der Waals surface area (Å²) in [6, 6.07) is 8.03. The summed E-state index contributed by atoms with van der Waals surface area (Å²) in [6.07, 6.45) is 2.50. The summed E-state index contributed by atoms with van der Waals surface area (Å²) in [5.74, 6) is 0.984. The van der Waals surface area contributed by atoms with Gasteiger partial charge in [-0.25, -0.2) is 0 Å². The van der Waals surface area contributed by atoms with Crippen molar-refractivity contribution in [2.24, 2.45) is 0 Å². The molecular formula is C11H12N4. The molecule has 2 aromatic rings. The van der Waals surface area contributed by atoms with Crippen LogP contribution in [0.3, 0.4) is 0 Å². The molecule has 1 aliphatic heterocycles. The average Bonchev–Trinajstić information content (AvgIpc) is 2.82. The number of fused-ring (bicyclic) bond motifs is 1. The first-order chi connectivity index (χ1) is 7.45. The van der Waals surface area contributed by atoms with Crippen LogP contribution >= 0.6 is 0 Å². The first-order valence-corrected chi connectivity index (χ1v) is 5.28. The largest absolute Gasteiger partial charge is 0.355 e. The normalized spacial score (nSPS) is 16.1. The topological polar surface area (TPSA) is 41.9 Å². The highest BCUT2D eigenvalue weighted by molar-refractivity contribution is 5.88. The van der Waals surface area contributed by atoms with Crippen molar-refractivity contribution in [2.75, 3.05) is 18.0 Å². The summed E-state index contributed by atoms with van der Waals surface area (Å²) in [5.41, 5.74) is 0.925. The SMILES string of the molecule is c1ccc2c(N3CCCC3)nnnc2c1. The van der Waals surface area contributed by atoms with Crippen molar-refractivity contribution in [3.05, 3.63) is 24.3 Å². The van der Waals surface area contributed by atoms with Crippen LogP contribution in [0.2, 0.25) is 0 Å². The molecule has 1 aromatic carbocycles. The number of hydrogen-bond donors (Lipinski definition) is 0. The van der Waals surface area contributed by atoms with Crippen molar-refractivity contribution >= 4 is 16.7 Å². The van der Waals surface area contributed by atoms with E-state index in [1.54, 1.807) is 0 Å². The van der Waals surface area contributed by atoms with Crippen molar-refractivity contribution in [1.82, 2.24) is 15.4 Å². The average molecular weight is 200 g/mol. The van der Waals surface area contributed by atoms with Crippen molar-refractivity contribution in [3.8, 4) is 0 Å². The Kier molecular flexibility index (Phi) is 1.98. The summed E-state index contributed by atoms with van der Waals surface area (Å²) in [5, 5.41) is 13.1. The quantitative estimate of drug-likeness (QED) is 0.701. The lowest BCUT2D eigenvalue weighted by Gasteiger charge is -2.16. The second kappa shape index (κ2) is 3.46. The second-order valence-corrected chi connectivity index (χ2v) is 3.82. The molecular weight excluding hydrogens is 188 g/mol. The molecule has 76 valence electrons. The molecule has 1 fully saturated rings. The summed E-state index contributed by atoms with van der Waals surface area (Å²) < 4.78 is 0. The van der Waals surface area contributed by atoms with Crippen molar-refractivity contribution in [1.29, 1.82) is 0 Å². The number of anilines is 1. The number of rotatable bonds is 1. The van der Waals surface area contributed by atoms with Gasteiger partial charge in [0.1, 0.15) is 0 Å². The standard InChI is InChI=1S/C11H12N4/c1-2-6-10-9(5-1)11(13-14-12-10)15-7-3-4-8-15/h1-2,5-6H,3-4,7-8H2. The van der Waals surface area contributed by atoms with Gasteiger partial charge in [0.25, 0.3) is 0 Å². The van der Waals surface area contributed by atoms with Gasteiger partial charge in [-0.1, -0.05) is 12.1 Å². The van der Waals surface area contributed by atoms with Crippen LogP contribution in [0.25, 0.3) is 10.9 Å². The Balaban J connectivity index is 2.16. The van der Waals surface area contributed by atoms with Gasteiger partial charge >= 0.3 is 0 Å². The molecule has 0 atom stereocenters. The Morgan fingerprint density at radius 3 is 2.67 bits per heavy atom. The predicted octanol–water partition coefficient (Wildman–Crippen LogP) is 1.62. The van der Waals surface area contributed by atoms with E-state index in [9.17, 15) is 0 Å². The molecule has 0 spiro atoms. The van der Waals surface area contributed by atoms with E-state index < -0.39 is 0 Å². The van der Waals surface area contributed by atoms with Crippen LogP contribution in [0, 0.1) is 0 Å². The van der Waals surface area contributed by atoms with E-state index >= 15 is 0 Å². The van der Waals surface area contributed by atoms with Gasteiger partial charge < -0.3 is 4.90 Å². The molecule has 0 bridgehead atoms. The first kappa shape index (κ1) is 8.59. The van der Waals surface area contributed by atoms with Gasteiger partial charge in [-0.05, 0) is 30.2 Å². The number of benzene rings is 1. The van der Waals surface area contributed by atoms with Crippen LogP contribution in [0.4, 0.5) is 5.82 Å². The Hall–Kier alpha value is -1.71. The smallest absolute Gasteiger partial charge is 0.162 e. The summed E-state index contributed by atoms with van der Waals surface area (Å²) in [6.45, 7) is 2.17. The molecule has 4 heteroatoms. The van der Waals surface area contributed by atoms with E-state index in [2.05, 4.69) is 26.4 Å². The molecule has 0 aliphatic carbocycles. The van der Waals surface area contributed by atoms with Crippen molar-refractivity contribution in [2.45, 2.75) is 12.8 Å². The van der Waals surface area contributed by atoms with E-state index in [1.807, 2.05) is 18.2 Å². The Morgan fingerprint density at radius 1 is 1.00 bits per heavy atom. The highest BCUT2D eigenvalue weighted by atomic mass is 15.4. The van der Waals surface area contributed by atoms with E-state index in [4.69, 9.17) is 0 Å². The molecule has 0 saturated carbocycles. The van der Waals surface area contributed by atoms with Gasteiger partial charge in [0.15, 0.2) is 5.82 Å². The zero-order chi connectivity index (χ0) is 10.1. The maximum Gasteiger partial charge on any atom is 0.162 e. The van der Waals surface area contributed by atoms with Gasteiger partial charge in [0, 0.05) is 18.5 Å². The zero-order valence-electron chi connectivity index (χ0n) is 8.43. The van der Waals surface area contributed by atoms with Gasteiger partial charge in [0.05, 0.1) is 5.52 Å². The molecule has 0 radical (unpaired) electrons. The lowest BCUT2D eigenvalue weighted by Crippen LogP contribution is -2.20. The molecule has 3 rings (SSSR count).